The Morgan fingerprint density at radius 1 is 0.969 bits per heavy atom. The van der Waals surface area contributed by atoms with E-state index in [9.17, 15) is 0 Å². The zero-order valence-electron chi connectivity index (χ0n) is 19.9. The SMILES string of the molecule is CCN1[C@@H](c2nc3ccccc3n2CC2CCN(C)CC2)CCC[C@H]1c1ncccc1C. The zero-order chi connectivity index (χ0) is 22.1. The van der Waals surface area contributed by atoms with Gasteiger partial charge in [0.1, 0.15) is 5.82 Å². The largest absolute Gasteiger partial charge is 0.326 e. The van der Waals surface area contributed by atoms with Crippen LogP contribution in [0.15, 0.2) is 42.6 Å². The molecule has 2 saturated heterocycles. The van der Waals surface area contributed by atoms with Crippen LogP contribution >= 0.6 is 0 Å². The van der Waals surface area contributed by atoms with E-state index in [1.165, 1.54) is 67.8 Å². The molecule has 0 radical (unpaired) electrons. The Labute approximate surface area is 192 Å². The topological polar surface area (TPSA) is 37.2 Å². The number of hydrogen-bond donors (Lipinski definition) is 0. The van der Waals surface area contributed by atoms with E-state index < -0.39 is 0 Å². The summed E-state index contributed by atoms with van der Waals surface area (Å²) in [5, 5.41) is 0. The first-order chi connectivity index (χ1) is 15.7. The lowest BCUT2D eigenvalue weighted by molar-refractivity contribution is 0.0773. The molecular weight excluding hydrogens is 394 g/mol. The molecule has 3 aromatic rings. The maximum absolute atomic E-state index is 5.26. The van der Waals surface area contributed by atoms with Gasteiger partial charge >= 0.3 is 0 Å². The highest BCUT2D eigenvalue weighted by Gasteiger charge is 2.36. The highest BCUT2D eigenvalue weighted by atomic mass is 15.2. The Bertz CT molecular complexity index is 1050. The second-order valence-electron chi connectivity index (χ2n) is 9.81. The van der Waals surface area contributed by atoms with E-state index in [2.05, 4.69) is 71.7 Å². The highest BCUT2D eigenvalue weighted by Crippen LogP contribution is 2.42. The number of hydrogen-bond acceptors (Lipinski definition) is 4. The molecule has 2 aliphatic rings. The van der Waals surface area contributed by atoms with Crippen LogP contribution in [0.2, 0.25) is 0 Å². The molecule has 0 N–H and O–H groups in total. The predicted octanol–water partition coefficient (Wildman–Crippen LogP) is 5.37. The van der Waals surface area contributed by atoms with Crippen molar-refractivity contribution in [2.75, 3.05) is 26.7 Å². The quantitative estimate of drug-likeness (QED) is 0.544. The molecule has 0 amide bonds. The molecular formula is C27H37N5. The second-order valence-corrected chi connectivity index (χ2v) is 9.81. The summed E-state index contributed by atoms with van der Waals surface area (Å²) in [4.78, 5) is 15.2. The third kappa shape index (κ3) is 4.08. The third-order valence-electron chi connectivity index (χ3n) is 7.75. The molecule has 2 fully saturated rings. The Balaban J connectivity index is 1.52. The lowest BCUT2D eigenvalue weighted by Crippen LogP contribution is -2.39. The van der Waals surface area contributed by atoms with Gasteiger partial charge in [-0.15, -0.1) is 0 Å². The van der Waals surface area contributed by atoms with E-state index in [1.807, 2.05) is 6.20 Å². The first kappa shape index (κ1) is 21.6. The Kier molecular flexibility index (Phi) is 6.29. The van der Waals surface area contributed by atoms with Crippen molar-refractivity contribution in [3.8, 4) is 0 Å². The van der Waals surface area contributed by atoms with Crippen LogP contribution in [0.1, 0.15) is 68.2 Å². The summed E-state index contributed by atoms with van der Waals surface area (Å²) in [6.45, 7) is 9.02. The molecule has 2 aromatic heterocycles. The fourth-order valence-corrected chi connectivity index (χ4v) is 5.96. The number of imidazole rings is 1. The molecule has 0 unspecified atom stereocenters. The zero-order valence-corrected chi connectivity index (χ0v) is 19.9. The summed E-state index contributed by atoms with van der Waals surface area (Å²) >= 11 is 0. The number of para-hydroxylation sites is 2. The number of nitrogens with zero attached hydrogens (tertiary/aromatic N) is 5. The van der Waals surface area contributed by atoms with Gasteiger partial charge in [0.05, 0.1) is 28.8 Å². The van der Waals surface area contributed by atoms with Gasteiger partial charge in [-0.25, -0.2) is 4.98 Å². The lowest BCUT2D eigenvalue weighted by atomic mass is 9.91. The van der Waals surface area contributed by atoms with E-state index in [0.29, 0.717) is 12.1 Å². The molecule has 170 valence electrons. The van der Waals surface area contributed by atoms with Crippen LogP contribution in [0.5, 0.6) is 0 Å². The van der Waals surface area contributed by atoms with Crippen LogP contribution in [0, 0.1) is 12.8 Å². The molecule has 2 atom stereocenters. The third-order valence-corrected chi connectivity index (χ3v) is 7.75. The molecule has 5 rings (SSSR count). The molecule has 32 heavy (non-hydrogen) atoms. The minimum atomic E-state index is 0.346. The smallest absolute Gasteiger partial charge is 0.127 e. The van der Waals surface area contributed by atoms with Crippen LogP contribution in [-0.4, -0.2) is 51.0 Å². The summed E-state index contributed by atoms with van der Waals surface area (Å²) in [5.74, 6) is 2.00. The predicted molar refractivity (Wildman–Crippen MR) is 131 cm³/mol. The monoisotopic (exact) mass is 431 g/mol. The summed E-state index contributed by atoms with van der Waals surface area (Å²) in [5.41, 5.74) is 4.99. The van der Waals surface area contributed by atoms with Gasteiger partial charge < -0.3 is 9.47 Å². The minimum Gasteiger partial charge on any atom is -0.326 e. The molecule has 5 nitrogen and oxygen atoms in total. The summed E-state index contributed by atoms with van der Waals surface area (Å²) in [6, 6.07) is 13.7. The Morgan fingerprint density at radius 2 is 1.75 bits per heavy atom. The number of aryl methyl sites for hydroxylation is 1. The second kappa shape index (κ2) is 9.32. The van der Waals surface area contributed by atoms with Gasteiger partial charge in [-0.2, -0.15) is 0 Å². The molecule has 4 heterocycles. The van der Waals surface area contributed by atoms with Gasteiger partial charge in [0, 0.05) is 12.7 Å². The fraction of sp³-hybridized carbons (Fsp3) is 0.556. The summed E-state index contributed by atoms with van der Waals surface area (Å²) in [7, 11) is 2.25. The fourth-order valence-electron chi connectivity index (χ4n) is 5.96. The number of benzene rings is 1. The number of aromatic nitrogens is 3. The first-order valence-electron chi connectivity index (χ1n) is 12.5. The lowest BCUT2D eigenvalue weighted by Gasteiger charge is -2.41. The number of rotatable bonds is 5. The maximum Gasteiger partial charge on any atom is 0.127 e. The van der Waals surface area contributed by atoms with E-state index in [4.69, 9.17) is 9.97 Å². The van der Waals surface area contributed by atoms with Gasteiger partial charge in [-0.1, -0.05) is 25.1 Å². The molecule has 0 saturated carbocycles. The van der Waals surface area contributed by atoms with Crippen molar-refractivity contribution < 1.29 is 0 Å². The number of likely N-dealkylation sites (tertiary alicyclic amines) is 2. The average molecular weight is 432 g/mol. The molecule has 1 aromatic carbocycles. The Hall–Kier alpha value is -2.24. The van der Waals surface area contributed by atoms with Crippen LogP contribution in [-0.2, 0) is 6.54 Å². The Morgan fingerprint density at radius 3 is 2.53 bits per heavy atom. The van der Waals surface area contributed by atoms with Crippen LogP contribution < -0.4 is 0 Å². The highest BCUT2D eigenvalue weighted by molar-refractivity contribution is 5.76. The molecule has 2 aliphatic heterocycles. The van der Waals surface area contributed by atoms with Gasteiger partial charge in [0.2, 0.25) is 0 Å². The van der Waals surface area contributed by atoms with Crippen molar-refractivity contribution in [2.24, 2.45) is 5.92 Å². The maximum atomic E-state index is 5.26. The van der Waals surface area contributed by atoms with Crippen LogP contribution in [0.25, 0.3) is 11.0 Å². The van der Waals surface area contributed by atoms with Crippen molar-refractivity contribution in [3.63, 3.8) is 0 Å². The van der Waals surface area contributed by atoms with Gasteiger partial charge in [-0.05, 0) is 95.4 Å². The van der Waals surface area contributed by atoms with Gasteiger partial charge in [0.25, 0.3) is 0 Å². The molecule has 5 heteroatoms. The number of pyridine rings is 1. The molecule has 0 aliphatic carbocycles. The van der Waals surface area contributed by atoms with Crippen LogP contribution in [0.4, 0.5) is 0 Å². The van der Waals surface area contributed by atoms with Gasteiger partial charge in [-0.3, -0.25) is 9.88 Å². The standard InChI is InChI=1S/C27H37N5/c1-4-31-24(26-20(2)9-8-16-28-26)12-7-13-25(31)27-29-22-10-5-6-11-23(22)32(27)19-21-14-17-30(3)18-15-21/h5-6,8-11,16,21,24-25H,4,7,12-15,17-19H2,1-3H3/t24-,25+/m0/s1. The van der Waals surface area contributed by atoms with Crippen LogP contribution in [0.3, 0.4) is 0 Å². The van der Waals surface area contributed by atoms with Crippen molar-refractivity contribution in [1.82, 2.24) is 24.3 Å². The van der Waals surface area contributed by atoms with E-state index in [-0.39, 0.29) is 0 Å². The van der Waals surface area contributed by atoms with Crippen molar-refractivity contribution in [3.05, 3.63) is 59.7 Å². The normalized spacial score (nSPS) is 23.7. The van der Waals surface area contributed by atoms with Crippen molar-refractivity contribution >= 4 is 11.0 Å². The minimum absolute atomic E-state index is 0.346. The molecule has 0 bridgehead atoms. The summed E-state index contributed by atoms with van der Waals surface area (Å²) < 4.78 is 2.58. The van der Waals surface area contributed by atoms with Crippen molar-refractivity contribution in [2.45, 2.75) is 64.6 Å². The molecule has 0 spiro atoms. The van der Waals surface area contributed by atoms with Crippen molar-refractivity contribution in [1.29, 1.82) is 0 Å². The van der Waals surface area contributed by atoms with E-state index in [1.54, 1.807) is 0 Å². The van der Waals surface area contributed by atoms with E-state index in [0.717, 1.165) is 24.5 Å². The average Bonchev–Trinajstić information content (AvgIpc) is 3.18. The number of piperidine rings is 2. The number of fused-ring (bicyclic) bond motifs is 1. The van der Waals surface area contributed by atoms with E-state index >= 15 is 0 Å². The van der Waals surface area contributed by atoms with Gasteiger partial charge in [0.15, 0.2) is 0 Å². The summed E-state index contributed by atoms with van der Waals surface area (Å²) in [6.07, 6.45) is 8.08. The first-order valence-corrected chi connectivity index (χ1v) is 12.5.